The van der Waals surface area contributed by atoms with Crippen LogP contribution in [0.1, 0.15) is 23.9 Å². The summed E-state index contributed by atoms with van der Waals surface area (Å²) in [5, 5.41) is 1.00. The van der Waals surface area contributed by atoms with Crippen LogP contribution in [-0.2, 0) is 11.2 Å². The number of nitrogens with one attached hydrogen (secondary N) is 1. The molecule has 3 nitrogen and oxygen atoms in total. The van der Waals surface area contributed by atoms with Crippen molar-refractivity contribution in [3.8, 4) is 10.7 Å². The van der Waals surface area contributed by atoms with Gasteiger partial charge in [0, 0.05) is 17.5 Å². The van der Waals surface area contributed by atoms with Gasteiger partial charge in [-0.2, -0.15) is 0 Å². The quantitative estimate of drug-likeness (QED) is 0.884. The maximum absolute atomic E-state index is 10.9. The minimum atomic E-state index is 0.231. The zero-order valence-electron chi connectivity index (χ0n) is 9.41. The van der Waals surface area contributed by atoms with Gasteiger partial charge in [-0.05, 0) is 32.4 Å². The number of rotatable bonds is 4. The lowest BCUT2D eigenvalue weighted by Gasteiger charge is -1.93. The zero-order valence-corrected chi connectivity index (χ0v) is 10.2. The number of H-pyrrole nitrogens is 1. The number of Topliss-reactive ketones (excluding diaryl/α,β-unsaturated/α-hetero) is 1. The van der Waals surface area contributed by atoms with Gasteiger partial charge in [0.1, 0.15) is 10.8 Å². The van der Waals surface area contributed by atoms with Gasteiger partial charge < -0.3 is 9.78 Å². The lowest BCUT2D eigenvalue weighted by Crippen LogP contribution is -1.93. The van der Waals surface area contributed by atoms with Gasteiger partial charge in [0.2, 0.25) is 0 Å². The van der Waals surface area contributed by atoms with E-state index in [1.165, 1.54) is 4.88 Å². The van der Waals surface area contributed by atoms with Crippen molar-refractivity contribution in [3.63, 3.8) is 0 Å². The van der Waals surface area contributed by atoms with E-state index in [4.69, 9.17) is 0 Å². The molecule has 0 fully saturated rings. The number of thiazole rings is 1. The van der Waals surface area contributed by atoms with Gasteiger partial charge in [-0.25, -0.2) is 4.98 Å². The van der Waals surface area contributed by atoms with Crippen LogP contribution < -0.4 is 0 Å². The number of hydrogen-bond acceptors (Lipinski definition) is 3. The Balaban J connectivity index is 2.19. The fraction of sp³-hybridized carbons (Fsp3) is 0.333. The molecule has 0 bridgehead atoms. The van der Waals surface area contributed by atoms with Gasteiger partial charge in [-0.15, -0.1) is 11.3 Å². The fourth-order valence-electron chi connectivity index (χ4n) is 1.53. The number of hydrogen-bond donors (Lipinski definition) is 1. The molecule has 0 amide bonds. The van der Waals surface area contributed by atoms with E-state index in [0.717, 1.165) is 22.8 Å². The Morgan fingerprint density at radius 3 is 3.00 bits per heavy atom. The van der Waals surface area contributed by atoms with E-state index >= 15 is 0 Å². The number of aromatic amines is 1. The summed E-state index contributed by atoms with van der Waals surface area (Å²) in [4.78, 5) is 19.8. The molecular weight excluding hydrogens is 220 g/mol. The summed E-state index contributed by atoms with van der Waals surface area (Å²) in [6.07, 6.45) is 3.30. The molecule has 0 unspecified atom stereocenters. The number of carbonyl (C=O) groups excluding carboxylic acids is 1. The average Bonchev–Trinajstić information content (AvgIpc) is 2.83. The van der Waals surface area contributed by atoms with Crippen LogP contribution in [0.15, 0.2) is 18.3 Å². The molecule has 84 valence electrons. The van der Waals surface area contributed by atoms with E-state index in [1.54, 1.807) is 18.3 Å². The highest BCUT2D eigenvalue weighted by Gasteiger charge is 2.10. The second-order valence-corrected chi connectivity index (χ2v) is 4.90. The third-order valence-corrected chi connectivity index (χ3v) is 3.68. The first kappa shape index (κ1) is 11.1. The second-order valence-electron chi connectivity index (χ2n) is 3.81. The lowest BCUT2D eigenvalue weighted by atomic mass is 10.2. The third kappa shape index (κ3) is 2.39. The van der Waals surface area contributed by atoms with Crippen LogP contribution in [0.3, 0.4) is 0 Å². The Morgan fingerprint density at radius 2 is 2.38 bits per heavy atom. The SMILES string of the molecule is CC(=O)CCc1sc(-c2ccc[nH]2)nc1C. The number of carbonyl (C=O) groups is 1. The van der Waals surface area contributed by atoms with Crippen molar-refractivity contribution in [3.05, 3.63) is 28.9 Å². The molecule has 1 N–H and O–H groups in total. The maximum Gasteiger partial charge on any atom is 0.140 e. The Kier molecular flexibility index (Phi) is 3.19. The molecule has 0 aliphatic heterocycles. The highest BCUT2D eigenvalue weighted by atomic mass is 32.1. The van der Waals surface area contributed by atoms with Gasteiger partial charge in [-0.1, -0.05) is 0 Å². The summed E-state index contributed by atoms with van der Waals surface area (Å²) < 4.78 is 0. The van der Waals surface area contributed by atoms with Crippen LogP contribution in [0.4, 0.5) is 0 Å². The number of aromatic nitrogens is 2. The van der Waals surface area contributed by atoms with Gasteiger partial charge in [0.05, 0.1) is 11.4 Å². The summed E-state index contributed by atoms with van der Waals surface area (Å²) in [5.41, 5.74) is 2.08. The van der Waals surface area contributed by atoms with Crippen LogP contribution in [0.25, 0.3) is 10.7 Å². The van der Waals surface area contributed by atoms with Crippen molar-refractivity contribution in [2.24, 2.45) is 0 Å². The molecule has 2 rings (SSSR count). The Labute approximate surface area is 98.5 Å². The summed E-state index contributed by atoms with van der Waals surface area (Å²) in [6.45, 7) is 3.63. The van der Waals surface area contributed by atoms with Crippen molar-refractivity contribution >= 4 is 17.1 Å². The highest BCUT2D eigenvalue weighted by molar-refractivity contribution is 7.15. The molecule has 0 atom stereocenters. The topological polar surface area (TPSA) is 45.8 Å². The Morgan fingerprint density at radius 1 is 1.56 bits per heavy atom. The van der Waals surface area contributed by atoms with Gasteiger partial charge >= 0.3 is 0 Å². The van der Waals surface area contributed by atoms with E-state index in [1.807, 2.05) is 25.3 Å². The van der Waals surface area contributed by atoms with E-state index < -0.39 is 0 Å². The molecule has 2 heterocycles. The van der Waals surface area contributed by atoms with Crippen molar-refractivity contribution in [1.29, 1.82) is 0 Å². The molecule has 4 heteroatoms. The van der Waals surface area contributed by atoms with Crippen LogP contribution in [0.5, 0.6) is 0 Å². The van der Waals surface area contributed by atoms with Crippen LogP contribution in [0, 0.1) is 6.92 Å². The van der Waals surface area contributed by atoms with Crippen molar-refractivity contribution in [2.75, 3.05) is 0 Å². The molecular formula is C12H14N2OS. The molecule has 0 aromatic carbocycles. The molecule has 0 saturated heterocycles. The maximum atomic E-state index is 10.9. The van der Waals surface area contributed by atoms with Crippen molar-refractivity contribution in [1.82, 2.24) is 9.97 Å². The van der Waals surface area contributed by atoms with E-state index in [2.05, 4.69) is 9.97 Å². The predicted octanol–water partition coefficient (Wildman–Crippen LogP) is 2.97. The van der Waals surface area contributed by atoms with E-state index in [9.17, 15) is 4.79 Å². The summed E-state index contributed by atoms with van der Waals surface area (Å²) in [5.74, 6) is 0.231. The van der Waals surface area contributed by atoms with Crippen molar-refractivity contribution < 1.29 is 4.79 Å². The smallest absolute Gasteiger partial charge is 0.140 e. The Bertz CT molecular complexity index is 485. The number of ketones is 1. The van der Waals surface area contributed by atoms with Gasteiger partial charge in [-0.3, -0.25) is 0 Å². The number of nitrogens with zero attached hydrogens (tertiary/aromatic N) is 1. The normalized spacial score (nSPS) is 10.6. The first-order valence-corrected chi connectivity index (χ1v) is 6.08. The zero-order chi connectivity index (χ0) is 11.5. The third-order valence-electron chi connectivity index (χ3n) is 2.43. The van der Waals surface area contributed by atoms with Crippen LogP contribution in [0.2, 0.25) is 0 Å². The monoisotopic (exact) mass is 234 g/mol. The average molecular weight is 234 g/mol. The summed E-state index contributed by atoms with van der Waals surface area (Å²) in [7, 11) is 0. The molecule has 0 radical (unpaired) electrons. The molecule has 0 spiro atoms. The number of aryl methyl sites for hydroxylation is 2. The minimum Gasteiger partial charge on any atom is -0.359 e. The van der Waals surface area contributed by atoms with E-state index in [-0.39, 0.29) is 5.78 Å². The van der Waals surface area contributed by atoms with Gasteiger partial charge in [0.25, 0.3) is 0 Å². The fourth-order valence-corrected chi connectivity index (χ4v) is 2.58. The molecule has 0 aliphatic carbocycles. The van der Waals surface area contributed by atoms with Crippen LogP contribution >= 0.6 is 11.3 Å². The first-order chi connectivity index (χ1) is 7.66. The molecule has 0 aliphatic rings. The molecule has 2 aromatic rings. The predicted molar refractivity (Wildman–Crippen MR) is 65.6 cm³/mol. The van der Waals surface area contributed by atoms with Crippen molar-refractivity contribution in [2.45, 2.75) is 26.7 Å². The van der Waals surface area contributed by atoms with Gasteiger partial charge in [0.15, 0.2) is 0 Å². The molecule has 2 aromatic heterocycles. The van der Waals surface area contributed by atoms with E-state index in [0.29, 0.717) is 6.42 Å². The highest BCUT2D eigenvalue weighted by Crippen LogP contribution is 2.27. The summed E-state index contributed by atoms with van der Waals surface area (Å²) >= 11 is 1.66. The first-order valence-electron chi connectivity index (χ1n) is 5.26. The lowest BCUT2D eigenvalue weighted by molar-refractivity contribution is -0.116. The Hall–Kier alpha value is -1.42. The standard InChI is InChI=1S/C12H14N2OS/c1-8(15)5-6-11-9(2)14-12(16-11)10-4-3-7-13-10/h3-4,7,13H,5-6H2,1-2H3. The second kappa shape index (κ2) is 4.61. The molecule has 16 heavy (non-hydrogen) atoms. The molecule has 0 saturated carbocycles. The summed E-state index contributed by atoms with van der Waals surface area (Å²) in [6, 6.07) is 3.97. The largest absolute Gasteiger partial charge is 0.359 e. The minimum absolute atomic E-state index is 0.231. The van der Waals surface area contributed by atoms with Crippen LogP contribution in [-0.4, -0.2) is 15.8 Å².